The minimum absolute atomic E-state index is 0.652. The fourth-order valence-corrected chi connectivity index (χ4v) is 1.03. The summed E-state index contributed by atoms with van der Waals surface area (Å²) in [5, 5.41) is 4.05. The SMILES string of the molecule is C/C=N/[N+](C)=C(\N)c1ccccc1. The Morgan fingerprint density at radius 1 is 1.38 bits per heavy atom. The highest BCUT2D eigenvalue weighted by atomic mass is 15.4. The molecule has 0 spiro atoms. The lowest BCUT2D eigenvalue weighted by atomic mass is 10.2. The van der Waals surface area contributed by atoms with Crippen molar-refractivity contribution < 1.29 is 4.68 Å². The molecule has 0 aliphatic carbocycles. The Kier molecular flexibility index (Phi) is 3.20. The van der Waals surface area contributed by atoms with E-state index < -0.39 is 0 Å². The minimum atomic E-state index is 0.652. The summed E-state index contributed by atoms with van der Waals surface area (Å²) in [6.45, 7) is 1.86. The molecule has 3 heteroatoms. The lowest BCUT2D eigenvalue weighted by Gasteiger charge is -1.96. The fraction of sp³-hybridized carbons (Fsp3) is 0.200. The van der Waals surface area contributed by atoms with E-state index in [1.807, 2.05) is 44.3 Å². The van der Waals surface area contributed by atoms with Gasteiger partial charge in [-0.25, -0.2) is 0 Å². The van der Waals surface area contributed by atoms with Crippen molar-refractivity contribution in [1.29, 1.82) is 0 Å². The van der Waals surface area contributed by atoms with Crippen molar-refractivity contribution in [2.24, 2.45) is 10.8 Å². The van der Waals surface area contributed by atoms with Crippen LogP contribution in [0.1, 0.15) is 12.5 Å². The van der Waals surface area contributed by atoms with Gasteiger partial charge in [-0.15, -0.1) is 4.68 Å². The molecule has 1 rings (SSSR count). The van der Waals surface area contributed by atoms with Crippen molar-refractivity contribution in [3.05, 3.63) is 35.9 Å². The average Bonchev–Trinajstić information content (AvgIpc) is 2.18. The first-order valence-corrected chi connectivity index (χ1v) is 4.16. The molecule has 0 heterocycles. The number of rotatable bonds is 2. The van der Waals surface area contributed by atoms with Crippen LogP contribution in [0.25, 0.3) is 0 Å². The van der Waals surface area contributed by atoms with Crippen LogP contribution in [-0.4, -0.2) is 23.8 Å². The van der Waals surface area contributed by atoms with Crippen molar-refractivity contribution in [3.63, 3.8) is 0 Å². The summed E-state index contributed by atoms with van der Waals surface area (Å²) in [6, 6.07) is 9.77. The number of nitrogens with zero attached hydrogens (tertiary/aromatic N) is 2. The van der Waals surface area contributed by atoms with Gasteiger partial charge in [-0.1, -0.05) is 23.3 Å². The van der Waals surface area contributed by atoms with Gasteiger partial charge >= 0.3 is 0 Å². The van der Waals surface area contributed by atoms with E-state index in [-0.39, 0.29) is 0 Å². The molecular weight excluding hydrogens is 162 g/mol. The highest BCUT2D eigenvalue weighted by Crippen LogP contribution is 1.96. The Labute approximate surface area is 78.2 Å². The number of hydrazone groups is 1. The van der Waals surface area contributed by atoms with Gasteiger partial charge in [0.05, 0.1) is 5.56 Å². The lowest BCUT2D eigenvalue weighted by molar-refractivity contribution is -0.502. The third kappa shape index (κ3) is 2.40. The van der Waals surface area contributed by atoms with E-state index in [1.54, 1.807) is 10.9 Å². The van der Waals surface area contributed by atoms with Gasteiger partial charge in [0.15, 0.2) is 0 Å². The lowest BCUT2D eigenvalue weighted by Crippen LogP contribution is -2.23. The molecule has 3 nitrogen and oxygen atoms in total. The first-order chi connectivity index (χ1) is 6.25. The van der Waals surface area contributed by atoms with Crippen molar-refractivity contribution in [1.82, 2.24) is 0 Å². The van der Waals surface area contributed by atoms with E-state index in [9.17, 15) is 0 Å². The monoisotopic (exact) mass is 176 g/mol. The van der Waals surface area contributed by atoms with Crippen LogP contribution in [0.3, 0.4) is 0 Å². The molecule has 0 saturated carbocycles. The molecule has 0 radical (unpaired) electrons. The van der Waals surface area contributed by atoms with Crippen LogP contribution in [-0.2, 0) is 0 Å². The second-order valence-corrected chi connectivity index (χ2v) is 2.65. The second kappa shape index (κ2) is 4.40. The molecule has 2 N–H and O–H groups in total. The van der Waals surface area contributed by atoms with E-state index in [0.717, 1.165) is 5.56 Å². The van der Waals surface area contributed by atoms with Crippen LogP contribution in [0.4, 0.5) is 0 Å². The molecule has 0 atom stereocenters. The van der Waals surface area contributed by atoms with Gasteiger partial charge in [-0.3, -0.25) is 5.73 Å². The molecule has 0 aliphatic heterocycles. The van der Waals surface area contributed by atoms with Gasteiger partial charge in [0.25, 0.3) is 5.84 Å². The van der Waals surface area contributed by atoms with Crippen LogP contribution in [0.5, 0.6) is 0 Å². The van der Waals surface area contributed by atoms with E-state index in [1.165, 1.54) is 0 Å². The normalized spacial score (nSPS) is 13.1. The second-order valence-electron chi connectivity index (χ2n) is 2.65. The van der Waals surface area contributed by atoms with Crippen molar-refractivity contribution in [3.8, 4) is 0 Å². The summed E-state index contributed by atoms with van der Waals surface area (Å²) in [6.07, 6.45) is 1.70. The summed E-state index contributed by atoms with van der Waals surface area (Å²) in [4.78, 5) is 0. The molecule has 1 aromatic rings. The first-order valence-electron chi connectivity index (χ1n) is 4.16. The minimum Gasteiger partial charge on any atom is -0.285 e. The summed E-state index contributed by atoms with van der Waals surface area (Å²) in [5.41, 5.74) is 6.84. The fourth-order valence-electron chi connectivity index (χ4n) is 1.03. The molecule has 0 fully saturated rings. The Morgan fingerprint density at radius 2 is 2.00 bits per heavy atom. The van der Waals surface area contributed by atoms with Crippen LogP contribution >= 0.6 is 0 Å². The Morgan fingerprint density at radius 3 is 2.54 bits per heavy atom. The molecule has 1 aromatic carbocycles. The summed E-state index contributed by atoms with van der Waals surface area (Å²) >= 11 is 0. The molecule has 0 unspecified atom stereocenters. The predicted molar refractivity (Wildman–Crippen MR) is 55.1 cm³/mol. The Balaban J connectivity index is 3.03. The maximum atomic E-state index is 5.85. The van der Waals surface area contributed by atoms with Crippen LogP contribution in [0.15, 0.2) is 35.4 Å². The van der Waals surface area contributed by atoms with Crippen LogP contribution in [0.2, 0.25) is 0 Å². The topological polar surface area (TPSA) is 41.4 Å². The van der Waals surface area contributed by atoms with Gasteiger partial charge in [0.2, 0.25) is 0 Å². The molecule has 0 aromatic heterocycles. The van der Waals surface area contributed by atoms with Crippen molar-refractivity contribution in [2.45, 2.75) is 6.92 Å². The third-order valence-corrected chi connectivity index (χ3v) is 1.71. The standard InChI is InChI=1S/C10H13N3/c1-3-12-13(2)10(11)9-7-5-4-6-8-9/h3-8,11H,1-2H3/p+1/b12-3+. The summed E-state index contributed by atoms with van der Waals surface area (Å²) in [5.74, 6) is 0.652. The zero-order chi connectivity index (χ0) is 9.68. The maximum Gasteiger partial charge on any atom is 0.300 e. The zero-order valence-corrected chi connectivity index (χ0v) is 7.94. The Hall–Kier alpha value is -1.64. The smallest absolute Gasteiger partial charge is 0.285 e. The van der Waals surface area contributed by atoms with Crippen molar-refractivity contribution in [2.75, 3.05) is 7.05 Å². The van der Waals surface area contributed by atoms with Gasteiger partial charge in [0.1, 0.15) is 7.05 Å². The molecule has 0 saturated heterocycles. The van der Waals surface area contributed by atoms with Gasteiger partial charge in [0, 0.05) is 6.21 Å². The number of nitrogens with two attached hydrogens (primary N) is 1. The predicted octanol–water partition coefficient (Wildman–Crippen LogP) is 1.04. The van der Waals surface area contributed by atoms with Gasteiger partial charge < -0.3 is 0 Å². The van der Waals surface area contributed by atoms with Crippen LogP contribution < -0.4 is 5.73 Å². The molecule has 13 heavy (non-hydrogen) atoms. The summed E-state index contributed by atoms with van der Waals surface area (Å²) < 4.78 is 1.65. The van der Waals surface area contributed by atoms with Gasteiger partial charge in [-0.05, 0) is 19.1 Å². The van der Waals surface area contributed by atoms with E-state index in [0.29, 0.717) is 5.84 Å². The first kappa shape index (κ1) is 9.45. The molecular formula is C10H14N3+. The average molecular weight is 176 g/mol. The third-order valence-electron chi connectivity index (χ3n) is 1.71. The summed E-state index contributed by atoms with van der Waals surface area (Å²) in [7, 11) is 1.82. The Bertz CT molecular complexity index is 325. The highest BCUT2D eigenvalue weighted by Gasteiger charge is 2.05. The molecule has 0 amide bonds. The van der Waals surface area contributed by atoms with E-state index in [2.05, 4.69) is 5.10 Å². The van der Waals surface area contributed by atoms with Crippen molar-refractivity contribution >= 4 is 12.1 Å². The number of amidine groups is 1. The quantitative estimate of drug-likeness (QED) is 0.311. The van der Waals surface area contributed by atoms with E-state index >= 15 is 0 Å². The number of benzene rings is 1. The molecule has 68 valence electrons. The number of hydrogen-bond acceptors (Lipinski definition) is 1. The molecule has 0 bridgehead atoms. The van der Waals surface area contributed by atoms with Gasteiger partial charge in [-0.2, -0.15) is 0 Å². The number of hydrogen-bond donors (Lipinski definition) is 1. The van der Waals surface area contributed by atoms with Crippen LogP contribution in [0, 0.1) is 0 Å². The zero-order valence-electron chi connectivity index (χ0n) is 7.94. The largest absolute Gasteiger partial charge is 0.300 e. The molecule has 0 aliphatic rings. The highest BCUT2D eigenvalue weighted by molar-refractivity contribution is 5.93. The van der Waals surface area contributed by atoms with E-state index in [4.69, 9.17) is 5.73 Å². The maximum absolute atomic E-state index is 5.85.